The van der Waals surface area contributed by atoms with E-state index in [1.807, 2.05) is 60.7 Å². The summed E-state index contributed by atoms with van der Waals surface area (Å²) in [4.78, 5) is 19.9. The fourth-order valence-corrected chi connectivity index (χ4v) is 5.72. The summed E-state index contributed by atoms with van der Waals surface area (Å²) in [6, 6.07) is 32.2. The van der Waals surface area contributed by atoms with Crippen molar-refractivity contribution in [1.29, 1.82) is 0 Å². The maximum Gasteiger partial charge on any atom is 0.226 e. The van der Waals surface area contributed by atoms with Crippen molar-refractivity contribution in [2.75, 3.05) is 11.9 Å². The Hall–Kier alpha value is -4.49. The quantitative estimate of drug-likeness (QED) is 0.240. The second kappa shape index (κ2) is 10.7. The molecule has 0 aliphatic carbocycles. The molecular formula is C32H29N5OS. The predicted molar refractivity (Wildman–Crippen MR) is 160 cm³/mol. The van der Waals surface area contributed by atoms with E-state index in [0.29, 0.717) is 18.1 Å². The molecule has 1 aliphatic rings. The number of aromatic nitrogens is 2. The van der Waals surface area contributed by atoms with Crippen molar-refractivity contribution in [3.05, 3.63) is 126 Å². The van der Waals surface area contributed by atoms with E-state index < -0.39 is 0 Å². The Morgan fingerprint density at radius 3 is 2.64 bits per heavy atom. The van der Waals surface area contributed by atoms with Gasteiger partial charge in [0.25, 0.3) is 0 Å². The number of carbonyl (C=O) groups excluding carboxylic acids is 1. The van der Waals surface area contributed by atoms with Gasteiger partial charge >= 0.3 is 0 Å². The van der Waals surface area contributed by atoms with Gasteiger partial charge < -0.3 is 20.1 Å². The standard InChI is InChI=1S/C32H29N5OS/c1-22-9-6-12-24(21-22)36-19-8-16-28(36)31-30(27-14-4-5-18-33-27)35-32(39)37(31)20-17-29(38)34-26-15-7-11-23-10-2-3-13-25(23)26/h2-16,18-19,21,30-31H,17,20H2,1H3,(H,34,38)(H,35,39)/t30-,31+/m0/s1. The molecule has 1 fully saturated rings. The van der Waals surface area contributed by atoms with Crippen molar-refractivity contribution in [3.63, 3.8) is 0 Å². The number of pyridine rings is 1. The molecule has 6 rings (SSSR count). The van der Waals surface area contributed by atoms with Gasteiger partial charge in [-0.3, -0.25) is 9.78 Å². The summed E-state index contributed by atoms with van der Waals surface area (Å²) in [5.74, 6) is -0.0525. The summed E-state index contributed by atoms with van der Waals surface area (Å²) in [7, 11) is 0. The summed E-state index contributed by atoms with van der Waals surface area (Å²) >= 11 is 5.84. The van der Waals surface area contributed by atoms with Crippen LogP contribution in [0.4, 0.5) is 5.69 Å². The zero-order chi connectivity index (χ0) is 26.8. The molecule has 0 radical (unpaired) electrons. The number of nitrogens with one attached hydrogen (secondary N) is 2. The van der Waals surface area contributed by atoms with Crippen LogP contribution in [0.3, 0.4) is 0 Å². The van der Waals surface area contributed by atoms with Crippen LogP contribution < -0.4 is 10.6 Å². The molecule has 0 saturated carbocycles. The van der Waals surface area contributed by atoms with Gasteiger partial charge in [-0.15, -0.1) is 0 Å². The van der Waals surface area contributed by atoms with E-state index in [4.69, 9.17) is 12.2 Å². The molecular weight excluding hydrogens is 502 g/mol. The molecule has 39 heavy (non-hydrogen) atoms. The van der Waals surface area contributed by atoms with Gasteiger partial charge in [-0.25, -0.2) is 0 Å². The first-order valence-electron chi connectivity index (χ1n) is 13.1. The van der Waals surface area contributed by atoms with Crippen molar-refractivity contribution >= 4 is 39.7 Å². The zero-order valence-corrected chi connectivity index (χ0v) is 22.4. The van der Waals surface area contributed by atoms with E-state index in [0.717, 1.165) is 33.5 Å². The monoisotopic (exact) mass is 531 g/mol. The lowest BCUT2D eigenvalue weighted by Crippen LogP contribution is -2.33. The average molecular weight is 532 g/mol. The first-order chi connectivity index (χ1) is 19.1. The molecule has 0 unspecified atom stereocenters. The summed E-state index contributed by atoms with van der Waals surface area (Å²) in [5.41, 5.74) is 5.08. The lowest BCUT2D eigenvalue weighted by Gasteiger charge is -2.29. The van der Waals surface area contributed by atoms with E-state index in [2.05, 4.69) is 74.6 Å². The molecule has 0 bridgehead atoms. The maximum atomic E-state index is 13.2. The third kappa shape index (κ3) is 5.01. The maximum absolute atomic E-state index is 13.2. The topological polar surface area (TPSA) is 62.2 Å². The van der Waals surface area contributed by atoms with Crippen molar-refractivity contribution in [3.8, 4) is 5.69 Å². The Labute approximate surface area is 233 Å². The molecule has 1 amide bonds. The molecule has 2 aromatic heterocycles. The van der Waals surface area contributed by atoms with Gasteiger partial charge in [-0.05, 0) is 72.6 Å². The van der Waals surface area contributed by atoms with Gasteiger partial charge in [0, 0.05) is 47.8 Å². The van der Waals surface area contributed by atoms with E-state index in [1.165, 1.54) is 5.56 Å². The van der Waals surface area contributed by atoms with Crippen molar-refractivity contribution in [1.82, 2.24) is 19.8 Å². The summed E-state index contributed by atoms with van der Waals surface area (Å²) in [5, 5.41) is 9.34. The van der Waals surface area contributed by atoms with Gasteiger partial charge in [0.2, 0.25) is 5.91 Å². The SMILES string of the molecule is Cc1cccc(-n2cccc2[C@@H]2[C@H](c3ccccn3)NC(=S)N2CCC(=O)Nc2cccc3ccccc23)c1. The largest absolute Gasteiger partial charge is 0.352 e. The number of fused-ring (bicyclic) bond motifs is 1. The highest BCUT2D eigenvalue weighted by molar-refractivity contribution is 7.80. The Kier molecular flexibility index (Phi) is 6.82. The van der Waals surface area contributed by atoms with Crippen LogP contribution in [0.1, 0.15) is 35.5 Å². The van der Waals surface area contributed by atoms with E-state index in [1.54, 1.807) is 6.20 Å². The summed E-state index contributed by atoms with van der Waals surface area (Å²) < 4.78 is 2.20. The molecule has 2 atom stereocenters. The molecule has 194 valence electrons. The molecule has 7 heteroatoms. The van der Waals surface area contributed by atoms with E-state index >= 15 is 0 Å². The average Bonchev–Trinajstić information content (AvgIpc) is 3.57. The van der Waals surface area contributed by atoms with Crippen LogP contribution in [0.15, 0.2) is 109 Å². The highest BCUT2D eigenvalue weighted by Gasteiger charge is 2.41. The number of anilines is 1. The smallest absolute Gasteiger partial charge is 0.226 e. The van der Waals surface area contributed by atoms with Crippen LogP contribution in [0.25, 0.3) is 16.5 Å². The Morgan fingerprint density at radius 1 is 0.974 bits per heavy atom. The fourth-order valence-electron chi connectivity index (χ4n) is 5.39. The molecule has 1 saturated heterocycles. The number of rotatable bonds is 7. The van der Waals surface area contributed by atoms with Crippen LogP contribution in [-0.4, -0.2) is 32.0 Å². The third-order valence-corrected chi connectivity index (χ3v) is 7.56. The first kappa shape index (κ1) is 24.8. The van der Waals surface area contributed by atoms with Crippen LogP contribution in [-0.2, 0) is 4.79 Å². The molecule has 0 spiro atoms. The number of amides is 1. The molecule has 3 aromatic carbocycles. The lowest BCUT2D eigenvalue weighted by atomic mass is 10.0. The van der Waals surface area contributed by atoms with Gasteiger partial charge in [-0.1, -0.05) is 54.6 Å². The van der Waals surface area contributed by atoms with Gasteiger partial charge in [0.05, 0.1) is 17.8 Å². The number of hydrogen-bond donors (Lipinski definition) is 2. The minimum absolute atomic E-state index is 0.0525. The highest BCUT2D eigenvalue weighted by Crippen LogP contribution is 2.39. The number of thiocarbonyl (C=S) groups is 1. The number of benzene rings is 3. The van der Waals surface area contributed by atoms with Crippen molar-refractivity contribution < 1.29 is 4.79 Å². The molecule has 3 heterocycles. The molecule has 6 nitrogen and oxygen atoms in total. The van der Waals surface area contributed by atoms with E-state index in [9.17, 15) is 4.79 Å². The molecule has 2 N–H and O–H groups in total. The Bertz CT molecular complexity index is 1640. The summed E-state index contributed by atoms with van der Waals surface area (Å²) in [6.45, 7) is 2.56. The van der Waals surface area contributed by atoms with Gasteiger partial charge in [0.1, 0.15) is 0 Å². The second-order valence-electron chi connectivity index (χ2n) is 9.79. The number of hydrogen-bond acceptors (Lipinski definition) is 3. The van der Waals surface area contributed by atoms with Crippen LogP contribution >= 0.6 is 12.2 Å². The lowest BCUT2D eigenvalue weighted by molar-refractivity contribution is -0.116. The Morgan fingerprint density at radius 2 is 1.79 bits per heavy atom. The molecule has 1 aliphatic heterocycles. The second-order valence-corrected chi connectivity index (χ2v) is 10.2. The fraction of sp³-hybridized carbons (Fsp3) is 0.156. The van der Waals surface area contributed by atoms with Crippen molar-refractivity contribution in [2.45, 2.75) is 25.4 Å². The van der Waals surface area contributed by atoms with E-state index in [-0.39, 0.29) is 18.0 Å². The highest BCUT2D eigenvalue weighted by atomic mass is 32.1. The number of nitrogens with zero attached hydrogens (tertiary/aromatic N) is 3. The van der Waals surface area contributed by atoms with Crippen LogP contribution in [0, 0.1) is 6.92 Å². The van der Waals surface area contributed by atoms with Gasteiger partial charge in [-0.2, -0.15) is 0 Å². The minimum atomic E-state index is -0.154. The Balaban J connectivity index is 1.29. The first-order valence-corrected chi connectivity index (χ1v) is 13.5. The summed E-state index contributed by atoms with van der Waals surface area (Å²) in [6.07, 6.45) is 4.17. The molecule has 5 aromatic rings. The number of aryl methyl sites for hydroxylation is 1. The number of carbonyl (C=O) groups is 1. The predicted octanol–water partition coefficient (Wildman–Crippen LogP) is 6.34. The van der Waals surface area contributed by atoms with Gasteiger partial charge in [0.15, 0.2) is 5.11 Å². The minimum Gasteiger partial charge on any atom is -0.352 e. The zero-order valence-electron chi connectivity index (χ0n) is 21.6. The normalized spacial score (nSPS) is 16.8. The van der Waals surface area contributed by atoms with Crippen LogP contribution in [0.5, 0.6) is 0 Å². The van der Waals surface area contributed by atoms with Crippen molar-refractivity contribution in [2.24, 2.45) is 0 Å². The van der Waals surface area contributed by atoms with Crippen LogP contribution in [0.2, 0.25) is 0 Å². The third-order valence-electron chi connectivity index (χ3n) is 7.20.